The maximum absolute atomic E-state index is 13.5. The minimum absolute atomic E-state index is 0.255. The number of hydrogen-bond donors (Lipinski definition) is 1. The molecule has 2 heterocycles. The normalized spacial score (nSPS) is 12.4. The van der Waals surface area contributed by atoms with Crippen LogP contribution in [0.15, 0.2) is 30.3 Å². The molecular formula is C26H31N3O4S. The topological polar surface area (TPSA) is 74.6 Å². The van der Waals surface area contributed by atoms with Crippen LogP contribution in [0.3, 0.4) is 0 Å². The summed E-state index contributed by atoms with van der Waals surface area (Å²) in [5, 5.41) is 7.95. The largest absolute Gasteiger partial charge is 0.490 e. The number of nitrogens with one attached hydrogen (secondary N) is 1. The summed E-state index contributed by atoms with van der Waals surface area (Å²) >= 11 is 1.80. The number of rotatable bonds is 9. The summed E-state index contributed by atoms with van der Waals surface area (Å²) in [6.07, 6.45) is 0. The smallest absolute Gasteiger partial charge is 0.257 e. The Labute approximate surface area is 204 Å². The van der Waals surface area contributed by atoms with Gasteiger partial charge in [0.05, 0.1) is 31.2 Å². The van der Waals surface area contributed by atoms with Crippen molar-refractivity contribution >= 4 is 23.5 Å². The van der Waals surface area contributed by atoms with E-state index in [0.717, 1.165) is 28.5 Å². The van der Waals surface area contributed by atoms with E-state index in [1.807, 2.05) is 31.5 Å². The van der Waals surface area contributed by atoms with E-state index in [0.29, 0.717) is 48.5 Å². The van der Waals surface area contributed by atoms with Gasteiger partial charge >= 0.3 is 0 Å². The zero-order chi connectivity index (χ0) is 24.2. The summed E-state index contributed by atoms with van der Waals surface area (Å²) < 4.78 is 19.2. The maximum Gasteiger partial charge on any atom is 0.257 e. The number of ether oxygens (including phenoxy) is 3. The number of amides is 1. The molecule has 1 aliphatic heterocycles. The fourth-order valence-electron chi connectivity index (χ4n) is 3.89. The molecule has 1 aromatic heterocycles. The van der Waals surface area contributed by atoms with E-state index in [1.165, 1.54) is 11.1 Å². The van der Waals surface area contributed by atoms with Crippen LogP contribution in [0.1, 0.15) is 53.5 Å². The van der Waals surface area contributed by atoms with Crippen LogP contribution in [0.5, 0.6) is 17.2 Å². The average molecular weight is 482 g/mol. The monoisotopic (exact) mass is 481 g/mol. The molecule has 180 valence electrons. The van der Waals surface area contributed by atoms with Crippen molar-refractivity contribution in [3.05, 3.63) is 58.3 Å². The molecule has 3 aromatic rings. The number of carbonyl (C=O) groups is 1. The van der Waals surface area contributed by atoms with Crippen LogP contribution in [-0.4, -0.2) is 35.5 Å². The van der Waals surface area contributed by atoms with Crippen LogP contribution in [0.4, 0.5) is 5.82 Å². The van der Waals surface area contributed by atoms with Gasteiger partial charge in [0, 0.05) is 22.6 Å². The third kappa shape index (κ3) is 4.73. The van der Waals surface area contributed by atoms with Gasteiger partial charge in [-0.15, -0.1) is 0 Å². The molecular weight excluding hydrogens is 450 g/mol. The van der Waals surface area contributed by atoms with E-state index >= 15 is 0 Å². The summed E-state index contributed by atoms with van der Waals surface area (Å²) in [5.41, 5.74) is 5.82. The highest BCUT2D eigenvalue weighted by Crippen LogP contribution is 2.40. The summed E-state index contributed by atoms with van der Waals surface area (Å²) in [5.74, 6) is 3.59. The minimum Gasteiger partial charge on any atom is -0.490 e. The predicted molar refractivity (Wildman–Crippen MR) is 136 cm³/mol. The first-order valence-electron chi connectivity index (χ1n) is 11.6. The lowest BCUT2D eigenvalue weighted by molar-refractivity contribution is 0.102. The van der Waals surface area contributed by atoms with E-state index in [2.05, 4.69) is 31.3 Å². The SMILES string of the molecule is CCOc1cc(C(=O)Nc2c3c(nn2-c2ccc(C)c(C)c2)CSC3)cc(OCC)c1OCC. The van der Waals surface area contributed by atoms with Crippen molar-refractivity contribution in [2.75, 3.05) is 25.1 Å². The molecule has 34 heavy (non-hydrogen) atoms. The number of carbonyl (C=O) groups excluding carboxylic acids is 1. The number of anilines is 1. The van der Waals surface area contributed by atoms with Crippen molar-refractivity contribution in [3.8, 4) is 22.9 Å². The molecule has 1 aliphatic rings. The van der Waals surface area contributed by atoms with E-state index < -0.39 is 0 Å². The Morgan fingerprint density at radius 1 is 0.971 bits per heavy atom. The van der Waals surface area contributed by atoms with Gasteiger partial charge in [0.15, 0.2) is 11.5 Å². The van der Waals surface area contributed by atoms with Crippen molar-refractivity contribution < 1.29 is 19.0 Å². The molecule has 0 unspecified atom stereocenters. The molecule has 0 spiro atoms. The van der Waals surface area contributed by atoms with E-state index in [4.69, 9.17) is 19.3 Å². The van der Waals surface area contributed by atoms with Gasteiger partial charge in [-0.2, -0.15) is 16.9 Å². The van der Waals surface area contributed by atoms with Gasteiger partial charge in [0.1, 0.15) is 5.82 Å². The van der Waals surface area contributed by atoms with Gasteiger partial charge in [-0.05, 0) is 70.0 Å². The molecule has 0 aliphatic carbocycles. The summed E-state index contributed by atoms with van der Waals surface area (Å²) in [6.45, 7) is 11.2. The molecule has 0 fully saturated rings. The van der Waals surface area contributed by atoms with Crippen molar-refractivity contribution in [1.82, 2.24) is 9.78 Å². The Bertz CT molecular complexity index is 1180. The second-order valence-corrected chi connectivity index (χ2v) is 8.99. The van der Waals surface area contributed by atoms with E-state index in [-0.39, 0.29) is 5.91 Å². The third-order valence-corrected chi connectivity index (χ3v) is 6.66. The maximum atomic E-state index is 13.5. The zero-order valence-electron chi connectivity index (χ0n) is 20.4. The van der Waals surface area contributed by atoms with Gasteiger partial charge in [-0.25, -0.2) is 4.68 Å². The molecule has 1 amide bonds. The van der Waals surface area contributed by atoms with Crippen LogP contribution in [-0.2, 0) is 11.5 Å². The van der Waals surface area contributed by atoms with Gasteiger partial charge in [-0.3, -0.25) is 4.79 Å². The van der Waals surface area contributed by atoms with Gasteiger partial charge in [0.25, 0.3) is 5.91 Å². The first-order valence-corrected chi connectivity index (χ1v) is 12.8. The Kier molecular flexibility index (Phi) is 7.36. The number of thioether (sulfide) groups is 1. The highest BCUT2D eigenvalue weighted by molar-refractivity contribution is 7.98. The van der Waals surface area contributed by atoms with Crippen molar-refractivity contribution in [2.24, 2.45) is 0 Å². The number of aromatic nitrogens is 2. The number of nitrogens with zero attached hydrogens (tertiary/aromatic N) is 2. The summed E-state index contributed by atoms with van der Waals surface area (Å²) in [6, 6.07) is 9.62. The number of aryl methyl sites for hydroxylation is 2. The van der Waals surface area contributed by atoms with E-state index in [1.54, 1.807) is 23.9 Å². The predicted octanol–water partition coefficient (Wildman–Crippen LogP) is 5.68. The molecule has 7 nitrogen and oxygen atoms in total. The lowest BCUT2D eigenvalue weighted by Crippen LogP contribution is -2.17. The van der Waals surface area contributed by atoms with Crippen LogP contribution in [0, 0.1) is 13.8 Å². The summed E-state index contributed by atoms with van der Waals surface area (Å²) in [7, 11) is 0. The zero-order valence-corrected chi connectivity index (χ0v) is 21.2. The Morgan fingerprint density at radius 3 is 2.26 bits per heavy atom. The highest BCUT2D eigenvalue weighted by atomic mass is 32.2. The lowest BCUT2D eigenvalue weighted by Gasteiger charge is -2.17. The molecule has 8 heteroatoms. The second kappa shape index (κ2) is 10.4. The van der Waals surface area contributed by atoms with Crippen LogP contribution >= 0.6 is 11.8 Å². The summed E-state index contributed by atoms with van der Waals surface area (Å²) in [4.78, 5) is 13.5. The van der Waals surface area contributed by atoms with Crippen LogP contribution in [0.2, 0.25) is 0 Å². The number of hydrogen-bond acceptors (Lipinski definition) is 6. The van der Waals surface area contributed by atoms with Crippen LogP contribution < -0.4 is 19.5 Å². The third-order valence-electron chi connectivity index (χ3n) is 5.69. The standard InChI is InChI=1S/C26H31N3O4S/c1-6-31-22-12-18(13-23(32-7-2)24(22)33-8-3)26(30)27-25-20-14-34-15-21(20)28-29(25)19-10-9-16(4)17(5)11-19/h9-13H,6-8,14-15H2,1-5H3,(H,27,30). The average Bonchev–Trinajstić information content (AvgIpc) is 3.40. The van der Waals surface area contributed by atoms with Crippen molar-refractivity contribution in [2.45, 2.75) is 46.1 Å². The highest BCUT2D eigenvalue weighted by Gasteiger charge is 2.26. The van der Waals surface area contributed by atoms with Crippen LogP contribution in [0.25, 0.3) is 5.69 Å². The quantitative estimate of drug-likeness (QED) is 0.424. The fraction of sp³-hybridized carbons (Fsp3) is 0.385. The molecule has 0 atom stereocenters. The number of benzene rings is 2. The Balaban J connectivity index is 1.74. The minimum atomic E-state index is -0.255. The van der Waals surface area contributed by atoms with Crippen molar-refractivity contribution in [3.63, 3.8) is 0 Å². The Morgan fingerprint density at radius 2 is 1.65 bits per heavy atom. The molecule has 4 rings (SSSR count). The molecule has 2 aromatic carbocycles. The first kappa shape index (κ1) is 24.0. The lowest BCUT2D eigenvalue weighted by atomic mass is 10.1. The molecule has 0 radical (unpaired) electrons. The first-order chi connectivity index (χ1) is 16.5. The molecule has 0 saturated heterocycles. The molecule has 0 bridgehead atoms. The Hall–Kier alpha value is -3.13. The van der Waals surface area contributed by atoms with Gasteiger partial charge < -0.3 is 19.5 Å². The number of fused-ring (bicyclic) bond motifs is 1. The van der Waals surface area contributed by atoms with Gasteiger partial charge in [-0.1, -0.05) is 6.07 Å². The second-order valence-electron chi connectivity index (χ2n) is 8.00. The fourth-order valence-corrected chi connectivity index (χ4v) is 4.92. The van der Waals surface area contributed by atoms with E-state index in [9.17, 15) is 4.79 Å². The molecule has 1 N–H and O–H groups in total. The van der Waals surface area contributed by atoms with Gasteiger partial charge in [0.2, 0.25) is 5.75 Å². The molecule has 0 saturated carbocycles. The van der Waals surface area contributed by atoms with Crippen molar-refractivity contribution in [1.29, 1.82) is 0 Å².